The molecule has 1 aliphatic carbocycles. The molecule has 1 aliphatic heterocycles. The van der Waals surface area contributed by atoms with E-state index < -0.39 is 0 Å². The highest BCUT2D eigenvalue weighted by atomic mass is 16.5. The van der Waals surface area contributed by atoms with Crippen molar-refractivity contribution in [2.45, 2.75) is 38.8 Å². The van der Waals surface area contributed by atoms with E-state index in [1.807, 2.05) is 0 Å². The number of rotatable bonds is 0. The third-order valence-corrected chi connectivity index (χ3v) is 3.40. The van der Waals surface area contributed by atoms with E-state index in [0.29, 0.717) is 12.1 Å². The minimum Gasteiger partial charge on any atom is -0.375 e. The van der Waals surface area contributed by atoms with E-state index in [1.165, 1.54) is 12.8 Å². The second kappa shape index (κ2) is 3.35. The highest BCUT2D eigenvalue weighted by Gasteiger charge is 2.37. The lowest BCUT2D eigenvalue weighted by molar-refractivity contribution is -0.0690. The Labute approximate surface area is 74.7 Å². The summed E-state index contributed by atoms with van der Waals surface area (Å²) in [6.45, 7) is 6.60. The number of morpholine rings is 1. The zero-order valence-electron chi connectivity index (χ0n) is 8.05. The summed E-state index contributed by atoms with van der Waals surface area (Å²) in [6, 6.07) is 0.627. The van der Waals surface area contributed by atoms with Crippen molar-refractivity contribution in [3.63, 3.8) is 0 Å². The summed E-state index contributed by atoms with van der Waals surface area (Å²) in [7, 11) is 0. The maximum Gasteiger partial charge on any atom is 0.0756 e. The third-order valence-electron chi connectivity index (χ3n) is 3.40. The highest BCUT2D eigenvalue weighted by molar-refractivity contribution is 4.91. The molecule has 2 unspecified atom stereocenters. The van der Waals surface area contributed by atoms with Gasteiger partial charge in [0.25, 0.3) is 0 Å². The average molecular weight is 169 g/mol. The van der Waals surface area contributed by atoms with Gasteiger partial charge < -0.3 is 10.1 Å². The van der Waals surface area contributed by atoms with E-state index in [2.05, 4.69) is 19.2 Å². The van der Waals surface area contributed by atoms with E-state index in [-0.39, 0.29) is 0 Å². The van der Waals surface area contributed by atoms with Gasteiger partial charge in [-0.15, -0.1) is 0 Å². The van der Waals surface area contributed by atoms with E-state index in [9.17, 15) is 0 Å². The van der Waals surface area contributed by atoms with Crippen molar-refractivity contribution in [1.29, 1.82) is 0 Å². The number of ether oxygens (including phenoxy) is 1. The molecule has 0 bridgehead atoms. The Morgan fingerprint density at radius 2 is 1.92 bits per heavy atom. The van der Waals surface area contributed by atoms with Crippen LogP contribution in [-0.2, 0) is 4.74 Å². The van der Waals surface area contributed by atoms with E-state index in [4.69, 9.17) is 4.74 Å². The molecule has 2 heteroatoms. The van der Waals surface area contributed by atoms with Gasteiger partial charge in [0.15, 0.2) is 0 Å². The molecule has 0 aromatic rings. The molecule has 0 radical (unpaired) electrons. The van der Waals surface area contributed by atoms with Crippen LogP contribution in [0.5, 0.6) is 0 Å². The quantitative estimate of drug-likeness (QED) is 0.592. The molecular weight excluding hydrogens is 150 g/mol. The molecule has 0 amide bonds. The summed E-state index contributed by atoms with van der Waals surface area (Å²) in [6.07, 6.45) is 3.19. The van der Waals surface area contributed by atoms with E-state index >= 15 is 0 Å². The van der Waals surface area contributed by atoms with Crippen LogP contribution in [0.25, 0.3) is 0 Å². The smallest absolute Gasteiger partial charge is 0.0756 e. The predicted molar refractivity (Wildman–Crippen MR) is 49.1 cm³/mol. The molecular formula is C10H19NO. The maximum absolute atomic E-state index is 5.80. The van der Waals surface area contributed by atoms with Gasteiger partial charge >= 0.3 is 0 Å². The van der Waals surface area contributed by atoms with Crippen LogP contribution in [-0.4, -0.2) is 25.3 Å². The second-order valence-corrected chi connectivity index (χ2v) is 4.35. The molecule has 1 N–H and O–H groups in total. The average Bonchev–Trinajstić information content (AvgIpc) is 2.12. The summed E-state index contributed by atoms with van der Waals surface area (Å²) in [4.78, 5) is 0. The molecule has 2 fully saturated rings. The van der Waals surface area contributed by atoms with Crippen molar-refractivity contribution >= 4 is 0 Å². The fourth-order valence-electron chi connectivity index (χ4n) is 2.55. The van der Waals surface area contributed by atoms with Gasteiger partial charge in [-0.3, -0.25) is 0 Å². The van der Waals surface area contributed by atoms with Gasteiger partial charge in [-0.2, -0.15) is 0 Å². The van der Waals surface area contributed by atoms with Crippen molar-refractivity contribution in [2.75, 3.05) is 13.2 Å². The topological polar surface area (TPSA) is 21.3 Å². The van der Waals surface area contributed by atoms with E-state index in [1.54, 1.807) is 0 Å². The summed E-state index contributed by atoms with van der Waals surface area (Å²) in [5.41, 5.74) is 0. The Bertz CT molecular complexity index is 142. The zero-order chi connectivity index (χ0) is 8.55. The summed E-state index contributed by atoms with van der Waals surface area (Å²) in [5.74, 6) is 1.55. The fraction of sp³-hybridized carbons (Fsp3) is 1.00. The van der Waals surface area contributed by atoms with Crippen LogP contribution >= 0.6 is 0 Å². The first-order valence-electron chi connectivity index (χ1n) is 5.14. The van der Waals surface area contributed by atoms with Crippen LogP contribution in [0.3, 0.4) is 0 Å². The lowest BCUT2D eigenvalue weighted by Crippen LogP contribution is -2.56. The Morgan fingerprint density at radius 1 is 1.17 bits per heavy atom. The Balaban J connectivity index is 2.05. The van der Waals surface area contributed by atoms with Crippen LogP contribution in [0.1, 0.15) is 26.7 Å². The molecule has 2 nitrogen and oxygen atoms in total. The monoisotopic (exact) mass is 169 g/mol. The first-order chi connectivity index (χ1) is 5.79. The van der Waals surface area contributed by atoms with Crippen molar-refractivity contribution in [3.8, 4) is 0 Å². The van der Waals surface area contributed by atoms with Crippen molar-refractivity contribution in [1.82, 2.24) is 5.32 Å². The molecule has 70 valence electrons. The summed E-state index contributed by atoms with van der Waals surface area (Å²) >= 11 is 0. The Kier molecular flexibility index (Phi) is 2.37. The lowest BCUT2D eigenvalue weighted by atomic mass is 9.77. The highest BCUT2D eigenvalue weighted by Crippen LogP contribution is 2.32. The first kappa shape index (κ1) is 8.52. The number of hydrogen-bond acceptors (Lipinski definition) is 2. The Hall–Kier alpha value is -0.0800. The molecule has 0 aromatic heterocycles. The van der Waals surface area contributed by atoms with Crippen LogP contribution in [0.4, 0.5) is 0 Å². The molecule has 1 saturated heterocycles. The SMILES string of the molecule is CC1CCC(C)[C@@H]2OCCN[C@H]12. The first-order valence-corrected chi connectivity index (χ1v) is 5.14. The maximum atomic E-state index is 5.80. The molecule has 0 aromatic carbocycles. The van der Waals surface area contributed by atoms with Gasteiger partial charge in [-0.25, -0.2) is 0 Å². The van der Waals surface area contributed by atoms with Crippen molar-refractivity contribution in [2.24, 2.45) is 11.8 Å². The number of fused-ring (bicyclic) bond motifs is 1. The minimum absolute atomic E-state index is 0.488. The molecule has 2 rings (SSSR count). The normalized spacial score (nSPS) is 48.5. The molecule has 2 aliphatic rings. The van der Waals surface area contributed by atoms with Gasteiger partial charge in [0.2, 0.25) is 0 Å². The van der Waals surface area contributed by atoms with Crippen LogP contribution in [0.2, 0.25) is 0 Å². The number of hydrogen-bond donors (Lipinski definition) is 1. The van der Waals surface area contributed by atoms with Gasteiger partial charge in [0.1, 0.15) is 0 Å². The van der Waals surface area contributed by atoms with Crippen LogP contribution in [0.15, 0.2) is 0 Å². The van der Waals surface area contributed by atoms with Gasteiger partial charge in [-0.05, 0) is 24.7 Å². The molecule has 1 heterocycles. The molecule has 0 spiro atoms. The number of nitrogens with one attached hydrogen (secondary N) is 1. The second-order valence-electron chi connectivity index (χ2n) is 4.35. The summed E-state index contributed by atoms with van der Waals surface area (Å²) in [5, 5.41) is 3.58. The predicted octanol–water partition coefficient (Wildman–Crippen LogP) is 1.41. The largest absolute Gasteiger partial charge is 0.375 e. The fourth-order valence-corrected chi connectivity index (χ4v) is 2.55. The lowest BCUT2D eigenvalue weighted by Gasteiger charge is -2.43. The standard InChI is InChI=1S/C10H19NO/c1-7-3-4-8(2)10-9(7)11-5-6-12-10/h7-11H,3-6H2,1-2H3/t7?,8?,9-,10+/m1/s1. The van der Waals surface area contributed by atoms with Crippen LogP contribution in [0, 0.1) is 11.8 Å². The zero-order valence-corrected chi connectivity index (χ0v) is 8.05. The minimum atomic E-state index is 0.488. The van der Waals surface area contributed by atoms with Crippen molar-refractivity contribution < 1.29 is 4.74 Å². The molecule has 12 heavy (non-hydrogen) atoms. The van der Waals surface area contributed by atoms with Crippen molar-refractivity contribution in [3.05, 3.63) is 0 Å². The van der Waals surface area contributed by atoms with Gasteiger partial charge in [0.05, 0.1) is 12.7 Å². The van der Waals surface area contributed by atoms with E-state index in [0.717, 1.165) is 25.0 Å². The third kappa shape index (κ3) is 1.38. The molecule has 1 saturated carbocycles. The molecule has 4 atom stereocenters. The Morgan fingerprint density at radius 3 is 2.67 bits per heavy atom. The van der Waals surface area contributed by atoms with Crippen LogP contribution < -0.4 is 5.32 Å². The van der Waals surface area contributed by atoms with Gasteiger partial charge in [-0.1, -0.05) is 13.8 Å². The summed E-state index contributed by atoms with van der Waals surface area (Å²) < 4.78 is 5.80. The van der Waals surface area contributed by atoms with Gasteiger partial charge in [0, 0.05) is 12.6 Å².